The second-order valence-corrected chi connectivity index (χ2v) is 3.50. The third-order valence-corrected chi connectivity index (χ3v) is 2.29. The van der Waals surface area contributed by atoms with Crippen LogP contribution in [0.25, 0.3) is 0 Å². The van der Waals surface area contributed by atoms with Crippen LogP contribution in [-0.2, 0) is 0 Å². The molecule has 0 aliphatic carbocycles. The van der Waals surface area contributed by atoms with Gasteiger partial charge in [-0.25, -0.2) is 0 Å². The lowest BCUT2D eigenvalue weighted by Gasteiger charge is -2.10. The van der Waals surface area contributed by atoms with E-state index in [1.54, 1.807) is 18.2 Å². The molecule has 2 rings (SSSR count). The Morgan fingerprint density at radius 3 is 3.05 bits per heavy atom. The number of nitrogens with zero attached hydrogens (tertiary/aromatic N) is 6. The highest BCUT2D eigenvalue weighted by Gasteiger charge is 2.09. The van der Waals surface area contributed by atoms with Gasteiger partial charge in [0.1, 0.15) is 6.07 Å². The number of tetrazole rings is 1. The lowest BCUT2D eigenvalue weighted by Crippen LogP contribution is -2.02. The zero-order valence-corrected chi connectivity index (χ0v) is 10.6. The van der Waals surface area contributed by atoms with Gasteiger partial charge < -0.3 is 15.2 Å². The first kappa shape index (κ1) is 13.3. The molecule has 0 aliphatic rings. The van der Waals surface area contributed by atoms with Crippen LogP contribution >= 0.6 is 0 Å². The average molecular weight is 273 g/mol. The summed E-state index contributed by atoms with van der Waals surface area (Å²) in [6.45, 7) is -0.103. The van der Waals surface area contributed by atoms with Gasteiger partial charge >= 0.3 is 0 Å². The molecule has 0 amide bonds. The van der Waals surface area contributed by atoms with Gasteiger partial charge in [0.15, 0.2) is 18.1 Å². The Morgan fingerprint density at radius 2 is 2.40 bits per heavy atom. The maximum atomic E-state index is 8.60. The maximum Gasteiger partial charge on any atom is 0.263 e. The smallest absolute Gasteiger partial charge is 0.263 e. The molecule has 2 N–H and O–H groups in total. The Bertz CT molecular complexity index is 659. The largest absolute Gasteiger partial charge is 0.493 e. The first-order valence-corrected chi connectivity index (χ1v) is 5.51. The highest BCUT2D eigenvalue weighted by molar-refractivity contribution is 5.85. The summed E-state index contributed by atoms with van der Waals surface area (Å²) in [5, 5.41) is 23.0. The Kier molecular flexibility index (Phi) is 4.08. The van der Waals surface area contributed by atoms with Crippen LogP contribution in [0.1, 0.15) is 5.56 Å². The highest BCUT2D eigenvalue weighted by Crippen LogP contribution is 2.29. The summed E-state index contributed by atoms with van der Waals surface area (Å²) in [5.74, 6) is 0.962. The number of nitriles is 1. The molecule has 102 valence electrons. The SMILES string of the molecule is COc1cccc(C=Nn2nnnc2N)c1OCC#N. The second kappa shape index (κ2) is 6.14. The van der Waals surface area contributed by atoms with E-state index < -0.39 is 0 Å². The fourth-order valence-corrected chi connectivity index (χ4v) is 1.44. The molecular formula is C11H11N7O2. The fraction of sp³-hybridized carbons (Fsp3) is 0.182. The zero-order valence-electron chi connectivity index (χ0n) is 10.6. The van der Waals surface area contributed by atoms with Gasteiger partial charge in [-0.3, -0.25) is 0 Å². The molecule has 0 aliphatic heterocycles. The van der Waals surface area contributed by atoms with Crippen LogP contribution in [-0.4, -0.2) is 40.2 Å². The van der Waals surface area contributed by atoms with Gasteiger partial charge in [0, 0.05) is 5.56 Å². The van der Waals surface area contributed by atoms with E-state index >= 15 is 0 Å². The summed E-state index contributed by atoms with van der Waals surface area (Å²) in [7, 11) is 1.51. The van der Waals surface area contributed by atoms with E-state index in [1.807, 2.05) is 6.07 Å². The molecule has 0 saturated heterocycles. The predicted molar refractivity (Wildman–Crippen MR) is 69.3 cm³/mol. The van der Waals surface area contributed by atoms with Crippen molar-refractivity contribution in [2.24, 2.45) is 5.10 Å². The molecule has 1 aromatic heterocycles. The monoisotopic (exact) mass is 273 g/mol. The molecule has 0 saturated carbocycles. The number of methoxy groups -OCH3 is 1. The van der Waals surface area contributed by atoms with Crippen LogP contribution in [0.4, 0.5) is 5.95 Å². The first-order chi connectivity index (χ1) is 9.76. The molecule has 0 bridgehead atoms. The summed E-state index contributed by atoms with van der Waals surface area (Å²) in [6.07, 6.45) is 1.46. The predicted octanol–water partition coefficient (Wildman–Crippen LogP) is 0.0485. The van der Waals surface area contributed by atoms with Crippen molar-refractivity contribution in [3.8, 4) is 17.6 Å². The summed E-state index contributed by atoms with van der Waals surface area (Å²) in [4.78, 5) is 1.06. The molecule has 2 aromatic rings. The van der Waals surface area contributed by atoms with Crippen LogP contribution < -0.4 is 15.2 Å². The zero-order chi connectivity index (χ0) is 14.4. The number of nitrogens with two attached hydrogens (primary N) is 1. The quantitative estimate of drug-likeness (QED) is 0.763. The minimum absolute atomic E-state index is 0.0589. The van der Waals surface area contributed by atoms with Crippen LogP contribution in [0.5, 0.6) is 11.5 Å². The van der Waals surface area contributed by atoms with Crippen molar-refractivity contribution >= 4 is 12.2 Å². The van der Waals surface area contributed by atoms with Gasteiger partial charge in [-0.05, 0) is 22.6 Å². The van der Waals surface area contributed by atoms with Gasteiger partial charge in [-0.15, -0.1) is 0 Å². The minimum atomic E-state index is -0.103. The minimum Gasteiger partial charge on any atom is -0.493 e. The standard InChI is InChI=1S/C11H11N7O2/c1-19-9-4-2-3-8(10(9)20-6-5-12)7-14-18-11(13)15-16-17-18/h2-4,7H,6H2,1H3,(H2,13,15,17). The normalized spacial score (nSPS) is 10.4. The number of para-hydroxylation sites is 1. The number of ether oxygens (including phenoxy) is 2. The molecule has 9 heteroatoms. The summed E-state index contributed by atoms with van der Waals surface area (Å²) < 4.78 is 10.5. The van der Waals surface area contributed by atoms with Crippen molar-refractivity contribution < 1.29 is 9.47 Å². The van der Waals surface area contributed by atoms with Crippen molar-refractivity contribution in [2.45, 2.75) is 0 Å². The number of aromatic nitrogens is 4. The van der Waals surface area contributed by atoms with Gasteiger partial charge in [0.05, 0.1) is 13.3 Å². The number of nitrogen functional groups attached to an aromatic ring is 1. The topological polar surface area (TPSA) is 124 Å². The Hall–Kier alpha value is -3.15. The molecule has 1 aromatic carbocycles. The first-order valence-electron chi connectivity index (χ1n) is 5.51. The Labute approximate surface area is 114 Å². The van der Waals surface area contributed by atoms with Crippen molar-refractivity contribution in [1.29, 1.82) is 5.26 Å². The van der Waals surface area contributed by atoms with Gasteiger partial charge in [-0.2, -0.15) is 10.4 Å². The van der Waals surface area contributed by atoms with Crippen LogP contribution in [0.3, 0.4) is 0 Å². The lowest BCUT2D eigenvalue weighted by atomic mass is 10.2. The molecule has 0 fully saturated rings. The summed E-state index contributed by atoms with van der Waals surface area (Å²) in [6, 6.07) is 7.13. The second-order valence-electron chi connectivity index (χ2n) is 3.50. The van der Waals surface area contributed by atoms with Crippen LogP contribution in [0.15, 0.2) is 23.3 Å². The maximum absolute atomic E-state index is 8.60. The van der Waals surface area contributed by atoms with E-state index in [9.17, 15) is 0 Å². The van der Waals surface area contributed by atoms with Crippen LogP contribution in [0, 0.1) is 11.3 Å². The molecule has 0 atom stereocenters. The van der Waals surface area contributed by atoms with Crippen molar-refractivity contribution in [1.82, 2.24) is 20.3 Å². The van der Waals surface area contributed by atoms with E-state index in [1.165, 1.54) is 13.3 Å². The van der Waals surface area contributed by atoms with Gasteiger partial charge in [-0.1, -0.05) is 16.0 Å². The van der Waals surface area contributed by atoms with Crippen LogP contribution in [0.2, 0.25) is 0 Å². The third kappa shape index (κ3) is 2.81. The average Bonchev–Trinajstić information content (AvgIpc) is 2.88. The summed E-state index contributed by atoms with van der Waals surface area (Å²) in [5.41, 5.74) is 6.10. The van der Waals surface area contributed by atoms with Gasteiger partial charge in [0.25, 0.3) is 5.95 Å². The fourth-order valence-electron chi connectivity index (χ4n) is 1.44. The highest BCUT2D eigenvalue weighted by atomic mass is 16.5. The molecule has 0 spiro atoms. The summed E-state index contributed by atoms with van der Waals surface area (Å²) >= 11 is 0. The molecule has 9 nitrogen and oxygen atoms in total. The number of hydrogen-bond donors (Lipinski definition) is 1. The Morgan fingerprint density at radius 1 is 1.55 bits per heavy atom. The van der Waals surface area contributed by atoms with E-state index in [4.69, 9.17) is 20.5 Å². The van der Waals surface area contributed by atoms with E-state index in [0.29, 0.717) is 17.1 Å². The third-order valence-electron chi connectivity index (χ3n) is 2.29. The van der Waals surface area contributed by atoms with Crippen molar-refractivity contribution in [2.75, 3.05) is 19.5 Å². The molecule has 0 radical (unpaired) electrons. The number of hydrogen-bond acceptors (Lipinski definition) is 8. The van der Waals surface area contributed by atoms with E-state index in [2.05, 4.69) is 20.6 Å². The Balaban J connectivity index is 2.33. The number of anilines is 1. The molecule has 20 heavy (non-hydrogen) atoms. The lowest BCUT2D eigenvalue weighted by molar-refractivity contribution is 0.329. The van der Waals surface area contributed by atoms with Crippen molar-refractivity contribution in [3.63, 3.8) is 0 Å². The molecular weight excluding hydrogens is 262 g/mol. The molecule has 0 unspecified atom stereocenters. The van der Waals surface area contributed by atoms with E-state index in [0.717, 1.165) is 4.79 Å². The van der Waals surface area contributed by atoms with Crippen molar-refractivity contribution in [3.05, 3.63) is 23.8 Å². The number of benzene rings is 1. The molecule has 1 heterocycles. The number of rotatable bonds is 5. The van der Waals surface area contributed by atoms with Gasteiger partial charge in [0.2, 0.25) is 0 Å². The van der Waals surface area contributed by atoms with E-state index in [-0.39, 0.29) is 12.6 Å².